The first-order chi connectivity index (χ1) is 12.1. The summed E-state index contributed by atoms with van der Waals surface area (Å²) < 4.78 is 31.8. The standard InChI is InChI=1S/C17H28N4O3S.HI/c1-18-17(19-10-13-24-2)20-14-15-8-11-21(12-9-15)25(22,23)16-6-4-3-5-7-16;/h3-7,15H,8-14H2,1-2H3,(H2,18,19,20);1H. The molecule has 1 heterocycles. The lowest BCUT2D eigenvalue weighted by Crippen LogP contribution is -2.44. The van der Waals surface area contributed by atoms with Crippen LogP contribution in [0, 0.1) is 5.92 Å². The number of halogens is 1. The zero-order valence-corrected chi connectivity index (χ0v) is 18.5. The average molecular weight is 496 g/mol. The van der Waals surface area contributed by atoms with E-state index in [2.05, 4.69) is 15.6 Å². The molecule has 0 bridgehead atoms. The second-order valence-electron chi connectivity index (χ2n) is 6.03. The van der Waals surface area contributed by atoms with Crippen LogP contribution in [0.2, 0.25) is 0 Å². The van der Waals surface area contributed by atoms with Gasteiger partial charge in [0.05, 0.1) is 11.5 Å². The molecular weight excluding hydrogens is 467 g/mol. The molecule has 0 unspecified atom stereocenters. The molecule has 1 aromatic carbocycles. The van der Waals surface area contributed by atoms with Crippen LogP contribution in [0.5, 0.6) is 0 Å². The quantitative estimate of drug-likeness (QED) is 0.259. The van der Waals surface area contributed by atoms with Gasteiger partial charge in [0.15, 0.2) is 5.96 Å². The van der Waals surface area contributed by atoms with Crippen LogP contribution in [0.4, 0.5) is 0 Å². The molecule has 0 radical (unpaired) electrons. The second kappa shape index (κ2) is 11.7. The number of hydrogen-bond acceptors (Lipinski definition) is 4. The van der Waals surface area contributed by atoms with E-state index >= 15 is 0 Å². The highest BCUT2D eigenvalue weighted by Gasteiger charge is 2.29. The van der Waals surface area contributed by atoms with E-state index in [-0.39, 0.29) is 24.0 Å². The number of rotatable bonds is 7. The SMILES string of the molecule is CN=C(NCCOC)NCC1CCN(S(=O)(=O)c2ccccc2)CC1.I. The molecule has 1 aromatic rings. The minimum atomic E-state index is -3.37. The molecule has 1 fully saturated rings. The van der Waals surface area contributed by atoms with Crippen molar-refractivity contribution in [2.75, 3.05) is 46.9 Å². The summed E-state index contributed by atoms with van der Waals surface area (Å²) in [6.07, 6.45) is 1.68. The van der Waals surface area contributed by atoms with Gasteiger partial charge in [-0.1, -0.05) is 18.2 Å². The average Bonchev–Trinajstić information content (AvgIpc) is 2.65. The Kier molecular flexibility index (Phi) is 10.4. The van der Waals surface area contributed by atoms with Gasteiger partial charge in [0.1, 0.15) is 0 Å². The molecule has 0 atom stereocenters. The third-order valence-electron chi connectivity index (χ3n) is 4.33. The molecule has 0 spiro atoms. The molecule has 1 saturated heterocycles. The lowest BCUT2D eigenvalue weighted by atomic mass is 9.98. The lowest BCUT2D eigenvalue weighted by molar-refractivity contribution is 0.203. The molecule has 0 aromatic heterocycles. The summed E-state index contributed by atoms with van der Waals surface area (Å²) in [4.78, 5) is 4.54. The van der Waals surface area contributed by atoms with E-state index in [1.807, 2.05) is 6.07 Å². The summed E-state index contributed by atoms with van der Waals surface area (Å²) in [7, 11) is 0.0218. The maximum absolute atomic E-state index is 12.6. The summed E-state index contributed by atoms with van der Waals surface area (Å²) in [5.41, 5.74) is 0. The monoisotopic (exact) mass is 496 g/mol. The number of sulfonamides is 1. The molecule has 0 amide bonds. The van der Waals surface area contributed by atoms with Gasteiger partial charge in [0, 0.05) is 40.3 Å². The topological polar surface area (TPSA) is 83.0 Å². The van der Waals surface area contributed by atoms with Crippen LogP contribution >= 0.6 is 24.0 Å². The summed E-state index contributed by atoms with van der Waals surface area (Å²) in [6.45, 7) is 3.21. The number of hydrogen-bond donors (Lipinski definition) is 2. The smallest absolute Gasteiger partial charge is 0.243 e. The Morgan fingerprint density at radius 1 is 1.23 bits per heavy atom. The maximum Gasteiger partial charge on any atom is 0.243 e. The van der Waals surface area contributed by atoms with E-state index < -0.39 is 10.0 Å². The highest BCUT2D eigenvalue weighted by atomic mass is 127. The largest absolute Gasteiger partial charge is 0.383 e. The first kappa shape index (κ1) is 23.1. The summed E-state index contributed by atoms with van der Waals surface area (Å²) in [5.74, 6) is 1.18. The van der Waals surface area contributed by atoms with Gasteiger partial charge in [-0.3, -0.25) is 4.99 Å². The molecule has 26 heavy (non-hydrogen) atoms. The van der Waals surface area contributed by atoms with Crippen molar-refractivity contribution in [2.24, 2.45) is 10.9 Å². The van der Waals surface area contributed by atoms with Crippen LogP contribution in [-0.2, 0) is 14.8 Å². The molecule has 1 aliphatic heterocycles. The summed E-state index contributed by atoms with van der Waals surface area (Å²) in [6, 6.07) is 8.64. The van der Waals surface area contributed by atoms with Crippen molar-refractivity contribution in [1.82, 2.24) is 14.9 Å². The Morgan fingerprint density at radius 3 is 2.46 bits per heavy atom. The number of piperidine rings is 1. The van der Waals surface area contributed by atoms with Crippen molar-refractivity contribution >= 4 is 40.0 Å². The van der Waals surface area contributed by atoms with Crippen LogP contribution in [-0.4, -0.2) is 65.6 Å². The Labute approximate surface area is 173 Å². The van der Waals surface area contributed by atoms with Gasteiger partial charge < -0.3 is 15.4 Å². The van der Waals surface area contributed by atoms with E-state index in [1.165, 1.54) is 0 Å². The third-order valence-corrected chi connectivity index (χ3v) is 6.25. The number of ether oxygens (including phenoxy) is 1. The second-order valence-corrected chi connectivity index (χ2v) is 7.97. The Hall–Kier alpha value is -0.910. The van der Waals surface area contributed by atoms with Gasteiger partial charge in [0.2, 0.25) is 10.0 Å². The molecule has 2 rings (SSSR count). The molecule has 7 nitrogen and oxygen atoms in total. The Bertz CT molecular complexity index is 647. The van der Waals surface area contributed by atoms with Crippen LogP contribution in [0.15, 0.2) is 40.2 Å². The van der Waals surface area contributed by atoms with Crippen molar-refractivity contribution in [1.29, 1.82) is 0 Å². The zero-order valence-electron chi connectivity index (χ0n) is 15.3. The molecule has 0 aliphatic carbocycles. The van der Waals surface area contributed by atoms with Crippen LogP contribution in [0.1, 0.15) is 12.8 Å². The van der Waals surface area contributed by atoms with E-state index in [1.54, 1.807) is 42.7 Å². The predicted octanol–water partition coefficient (Wildman–Crippen LogP) is 1.52. The number of guanidine groups is 1. The van der Waals surface area contributed by atoms with E-state index in [9.17, 15) is 8.42 Å². The summed E-state index contributed by atoms with van der Waals surface area (Å²) >= 11 is 0. The van der Waals surface area contributed by atoms with Gasteiger partial charge >= 0.3 is 0 Å². The van der Waals surface area contributed by atoms with Crippen molar-refractivity contribution < 1.29 is 13.2 Å². The molecule has 9 heteroatoms. The zero-order chi connectivity index (χ0) is 18.1. The summed E-state index contributed by atoms with van der Waals surface area (Å²) in [5, 5.41) is 6.47. The van der Waals surface area contributed by atoms with E-state index in [0.717, 1.165) is 25.3 Å². The minimum absolute atomic E-state index is 0. The lowest BCUT2D eigenvalue weighted by Gasteiger charge is -2.31. The first-order valence-electron chi connectivity index (χ1n) is 8.56. The molecule has 148 valence electrons. The van der Waals surface area contributed by atoms with E-state index in [0.29, 0.717) is 37.1 Å². The van der Waals surface area contributed by atoms with Crippen molar-refractivity contribution in [3.05, 3.63) is 30.3 Å². The van der Waals surface area contributed by atoms with Gasteiger partial charge in [-0.2, -0.15) is 4.31 Å². The number of methoxy groups -OCH3 is 1. The van der Waals surface area contributed by atoms with Crippen molar-refractivity contribution in [3.8, 4) is 0 Å². The minimum Gasteiger partial charge on any atom is -0.383 e. The van der Waals surface area contributed by atoms with Crippen molar-refractivity contribution in [2.45, 2.75) is 17.7 Å². The fraction of sp³-hybridized carbons (Fsp3) is 0.588. The Morgan fingerprint density at radius 2 is 1.88 bits per heavy atom. The number of nitrogens with one attached hydrogen (secondary N) is 2. The molecule has 2 N–H and O–H groups in total. The van der Waals surface area contributed by atoms with Gasteiger partial charge in [-0.15, -0.1) is 24.0 Å². The van der Waals surface area contributed by atoms with Gasteiger partial charge in [0.25, 0.3) is 0 Å². The fourth-order valence-electron chi connectivity index (χ4n) is 2.83. The maximum atomic E-state index is 12.6. The molecule has 0 saturated carbocycles. The predicted molar refractivity (Wildman–Crippen MR) is 115 cm³/mol. The van der Waals surface area contributed by atoms with Crippen LogP contribution in [0.3, 0.4) is 0 Å². The van der Waals surface area contributed by atoms with Crippen LogP contribution in [0.25, 0.3) is 0 Å². The molecular formula is C17H29IN4O3S. The number of benzene rings is 1. The van der Waals surface area contributed by atoms with E-state index in [4.69, 9.17) is 4.74 Å². The molecule has 1 aliphatic rings. The highest BCUT2D eigenvalue weighted by Crippen LogP contribution is 2.23. The number of nitrogens with zero attached hydrogens (tertiary/aromatic N) is 2. The Balaban J connectivity index is 0.00000338. The van der Waals surface area contributed by atoms with Crippen LogP contribution < -0.4 is 10.6 Å². The van der Waals surface area contributed by atoms with Gasteiger partial charge in [-0.25, -0.2) is 8.42 Å². The van der Waals surface area contributed by atoms with Crippen molar-refractivity contribution in [3.63, 3.8) is 0 Å². The fourth-order valence-corrected chi connectivity index (χ4v) is 4.32. The number of aliphatic imine (C=N–C) groups is 1. The highest BCUT2D eigenvalue weighted by molar-refractivity contribution is 14.0. The van der Waals surface area contributed by atoms with Gasteiger partial charge in [-0.05, 0) is 30.9 Å². The third kappa shape index (κ3) is 6.67. The first-order valence-corrected chi connectivity index (χ1v) is 10.0. The normalized spacial score (nSPS) is 16.8.